The largest absolute Gasteiger partial charge is 0.444 e. The van der Waals surface area contributed by atoms with Crippen molar-refractivity contribution >= 4 is 6.09 Å². The summed E-state index contributed by atoms with van der Waals surface area (Å²) in [5.74, 6) is 0.986. The minimum Gasteiger partial charge on any atom is -0.444 e. The maximum Gasteiger partial charge on any atom is 0.410 e. The number of rotatable bonds is 5. The molecule has 0 aliphatic carbocycles. The molecule has 1 unspecified atom stereocenters. The fourth-order valence-corrected chi connectivity index (χ4v) is 2.68. The molecule has 124 valence electrons. The zero-order valence-corrected chi connectivity index (χ0v) is 13.9. The standard InChI is InChI=1S/C16H28N4O2/c1-16(2,3)22-15(21)20-11-5-4-6-13(20)12-17-8-7-14-18-9-10-19-14/h9-10,13,17H,4-8,11-12H2,1-3H3,(H,18,19). The van der Waals surface area contributed by atoms with Crippen molar-refractivity contribution in [2.45, 2.75) is 58.1 Å². The molecule has 1 aromatic heterocycles. The third-order valence-corrected chi connectivity index (χ3v) is 3.73. The maximum atomic E-state index is 12.3. The van der Waals surface area contributed by atoms with Crippen LogP contribution in [0.3, 0.4) is 0 Å². The molecule has 1 aliphatic heterocycles. The van der Waals surface area contributed by atoms with Gasteiger partial charge in [0.15, 0.2) is 0 Å². The molecule has 1 aliphatic rings. The Balaban J connectivity index is 1.77. The van der Waals surface area contributed by atoms with Gasteiger partial charge >= 0.3 is 6.09 Å². The van der Waals surface area contributed by atoms with Gasteiger partial charge in [-0.15, -0.1) is 0 Å². The summed E-state index contributed by atoms with van der Waals surface area (Å²) in [5.41, 5.74) is -0.439. The quantitative estimate of drug-likeness (QED) is 0.819. The SMILES string of the molecule is CC(C)(C)OC(=O)N1CCCCC1CNCCc1ncc[nH]1. The smallest absolute Gasteiger partial charge is 0.410 e. The monoisotopic (exact) mass is 308 g/mol. The van der Waals surface area contributed by atoms with E-state index in [1.54, 1.807) is 6.20 Å². The molecule has 0 radical (unpaired) electrons. The zero-order valence-electron chi connectivity index (χ0n) is 13.9. The molecule has 6 heteroatoms. The second-order valence-corrected chi connectivity index (χ2v) is 6.81. The Kier molecular flexibility index (Phi) is 5.83. The van der Waals surface area contributed by atoms with E-state index >= 15 is 0 Å². The zero-order chi connectivity index (χ0) is 16.0. The lowest BCUT2D eigenvalue weighted by Crippen LogP contribution is -2.50. The van der Waals surface area contributed by atoms with Crippen LogP contribution in [0.2, 0.25) is 0 Å². The molecule has 1 aromatic rings. The lowest BCUT2D eigenvalue weighted by Gasteiger charge is -2.36. The van der Waals surface area contributed by atoms with Crippen LogP contribution in [0.1, 0.15) is 45.9 Å². The molecule has 0 saturated carbocycles. The van der Waals surface area contributed by atoms with Gasteiger partial charge < -0.3 is 19.9 Å². The minimum atomic E-state index is -0.439. The Morgan fingerprint density at radius 1 is 1.50 bits per heavy atom. The molecular formula is C16H28N4O2. The first-order chi connectivity index (χ1) is 10.5. The van der Waals surface area contributed by atoms with Crippen LogP contribution in [0.4, 0.5) is 4.79 Å². The molecule has 2 rings (SSSR count). The van der Waals surface area contributed by atoms with Crippen molar-refractivity contribution in [3.63, 3.8) is 0 Å². The first-order valence-electron chi connectivity index (χ1n) is 8.14. The summed E-state index contributed by atoms with van der Waals surface area (Å²) in [6, 6.07) is 0.222. The molecule has 6 nitrogen and oxygen atoms in total. The summed E-state index contributed by atoms with van der Waals surface area (Å²) in [4.78, 5) is 21.5. The fraction of sp³-hybridized carbons (Fsp3) is 0.750. The molecule has 1 atom stereocenters. The number of hydrogen-bond acceptors (Lipinski definition) is 4. The van der Waals surface area contributed by atoms with E-state index in [-0.39, 0.29) is 12.1 Å². The van der Waals surface area contributed by atoms with Crippen molar-refractivity contribution in [1.82, 2.24) is 20.2 Å². The van der Waals surface area contributed by atoms with Crippen LogP contribution in [0.25, 0.3) is 0 Å². The average molecular weight is 308 g/mol. The molecule has 0 spiro atoms. The van der Waals surface area contributed by atoms with Gasteiger partial charge in [0.25, 0.3) is 0 Å². The van der Waals surface area contributed by atoms with Gasteiger partial charge in [0.05, 0.1) is 0 Å². The second kappa shape index (κ2) is 7.63. The number of carbonyl (C=O) groups is 1. The highest BCUT2D eigenvalue weighted by atomic mass is 16.6. The van der Waals surface area contributed by atoms with Crippen molar-refractivity contribution in [3.05, 3.63) is 18.2 Å². The number of carbonyl (C=O) groups excluding carboxylic acids is 1. The van der Waals surface area contributed by atoms with Crippen LogP contribution >= 0.6 is 0 Å². The van der Waals surface area contributed by atoms with Gasteiger partial charge in [0.2, 0.25) is 0 Å². The number of H-pyrrole nitrogens is 1. The van der Waals surface area contributed by atoms with E-state index in [9.17, 15) is 4.79 Å². The van der Waals surface area contributed by atoms with Crippen molar-refractivity contribution < 1.29 is 9.53 Å². The Labute approximate surface area is 132 Å². The van der Waals surface area contributed by atoms with E-state index in [4.69, 9.17) is 4.74 Å². The van der Waals surface area contributed by atoms with Gasteiger partial charge in [0, 0.05) is 44.5 Å². The summed E-state index contributed by atoms with van der Waals surface area (Å²) < 4.78 is 5.52. The highest BCUT2D eigenvalue weighted by Crippen LogP contribution is 2.20. The lowest BCUT2D eigenvalue weighted by molar-refractivity contribution is 0.00999. The summed E-state index contributed by atoms with van der Waals surface area (Å²) >= 11 is 0. The Hall–Kier alpha value is -1.56. The third-order valence-electron chi connectivity index (χ3n) is 3.73. The first kappa shape index (κ1) is 16.8. The molecule has 1 saturated heterocycles. The van der Waals surface area contributed by atoms with Crippen molar-refractivity contribution in [3.8, 4) is 0 Å². The molecule has 1 fully saturated rings. The van der Waals surface area contributed by atoms with Crippen LogP contribution in [-0.2, 0) is 11.2 Å². The number of nitrogens with one attached hydrogen (secondary N) is 2. The Morgan fingerprint density at radius 2 is 2.32 bits per heavy atom. The van der Waals surface area contributed by atoms with E-state index in [1.165, 1.54) is 6.42 Å². The summed E-state index contributed by atoms with van der Waals surface area (Å²) in [5, 5.41) is 3.43. The maximum absolute atomic E-state index is 12.3. The molecule has 0 bridgehead atoms. The lowest BCUT2D eigenvalue weighted by atomic mass is 10.0. The highest BCUT2D eigenvalue weighted by molar-refractivity contribution is 5.68. The number of aromatic nitrogens is 2. The van der Waals surface area contributed by atoms with Crippen LogP contribution < -0.4 is 5.32 Å². The van der Waals surface area contributed by atoms with E-state index in [0.717, 1.165) is 44.7 Å². The molecular weight excluding hydrogens is 280 g/mol. The summed E-state index contributed by atoms with van der Waals surface area (Å²) in [7, 11) is 0. The first-order valence-corrected chi connectivity index (χ1v) is 8.14. The molecule has 0 aromatic carbocycles. The number of aromatic amines is 1. The fourth-order valence-electron chi connectivity index (χ4n) is 2.68. The van der Waals surface area contributed by atoms with Gasteiger partial charge in [-0.25, -0.2) is 9.78 Å². The van der Waals surface area contributed by atoms with Crippen molar-refractivity contribution in [2.75, 3.05) is 19.6 Å². The number of ether oxygens (including phenoxy) is 1. The minimum absolute atomic E-state index is 0.190. The van der Waals surface area contributed by atoms with Crippen LogP contribution in [-0.4, -0.2) is 52.2 Å². The topological polar surface area (TPSA) is 70.2 Å². The predicted octanol–water partition coefficient (Wildman–Crippen LogP) is 2.33. The molecule has 2 heterocycles. The Bertz CT molecular complexity index is 453. The third kappa shape index (κ3) is 5.33. The predicted molar refractivity (Wildman–Crippen MR) is 85.7 cm³/mol. The van der Waals surface area contributed by atoms with Gasteiger partial charge in [-0.2, -0.15) is 0 Å². The second-order valence-electron chi connectivity index (χ2n) is 6.81. The molecule has 2 N–H and O–H groups in total. The number of piperidine rings is 1. The number of hydrogen-bond donors (Lipinski definition) is 2. The summed E-state index contributed by atoms with van der Waals surface area (Å²) in [6.07, 6.45) is 7.54. The van der Waals surface area contributed by atoms with Gasteiger partial charge in [-0.05, 0) is 40.0 Å². The van der Waals surface area contributed by atoms with E-state index in [2.05, 4.69) is 15.3 Å². The highest BCUT2D eigenvalue weighted by Gasteiger charge is 2.30. The van der Waals surface area contributed by atoms with Crippen molar-refractivity contribution in [1.29, 1.82) is 0 Å². The van der Waals surface area contributed by atoms with Gasteiger partial charge in [0.1, 0.15) is 11.4 Å². The number of imidazole rings is 1. The average Bonchev–Trinajstić information content (AvgIpc) is 2.95. The van der Waals surface area contributed by atoms with Crippen LogP contribution in [0.5, 0.6) is 0 Å². The molecule has 22 heavy (non-hydrogen) atoms. The van der Waals surface area contributed by atoms with E-state index in [1.807, 2.05) is 31.9 Å². The molecule has 1 amide bonds. The van der Waals surface area contributed by atoms with Crippen LogP contribution in [0, 0.1) is 0 Å². The number of amides is 1. The van der Waals surface area contributed by atoms with E-state index in [0.29, 0.717) is 0 Å². The van der Waals surface area contributed by atoms with Gasteiger partial charge in [-0.3, -0.25) is 0 Å². The van der Waals surface area contributed by atoms with Crippen molar-refractivity contribution in [2.24, 2.45) is 0 Å². The van der Waals surface area contributed by atoms with Crippen LogP contribution in [0.15, 0.2) is 12.4 Å². The number of likely N-dealkylation sites (tertiary alicyclic amines) is 1. The van der Waals surface area contributed by atoms with Gasteiger partial charge in [-0.1, -0.05) is 0 Å². The summed E-state index contributed by atoms with van der Waals surface area (Å²) in [6.45, 7) is 8.17. The van der Waals surface area contributed by atoms with E-state index < -0.39 is 5.60 Å². The number of nitrogens with zero attached hydrogens (tertiary/aromatic N) is 2. The Morgan fingerprint density at radius 3 is 3.00 bits per heavy atom. The normalized spacial score (nSPS) is 19.2.